The van der Waals surface area contributed by atoms with Gasteiger partial charge in [0.1, 0.15) is 5.41 Å². The van der Waals surface area contributed by atoms with E-state index in [0.717, 1.165) is 5.56 Å². The van der Waals surface area contributed by atoms with Crippen LogP contribution in [-0.2, 0) is 22.6 Å². The molecular weight excluding hydrogens is 318 g/mol. The molecule has 128 valence electrons. The lowest BCUT2D eigenvalue weighted by molar-refractivity contribution is -0.138. The van der Waals surface area contributed by atoms with Crippen molar-refractivity contribution in [3.8, 4) is 0 Å². The molecule has 0 aromatic heterocycles. The highest BCUT2D eigenvalue weighted by Crippen LogP contribution is 2.33. The number of ketones is 1. The van der Waals surface area contributed by atoms with Crippen molar-refractivity contribution in [3.05, 3.63) is 71.3 Å². The number of carboxylic acid groups (broad SMARTS) is 1. The topological polar surface area (TPSA) is 74.7 Å². The smallest absolute Gasteiger partial charge is 0.335 e. The van der Waals surface area contributed by atoms with Crippen molar-refractivity contribution in [1.82, 2.24) is 4.90 Å². The van der Waals surface area contributed by atoms with E-state index in [2.05, 4.69) is 0 Å². The van der Waals surface area contributed by atoms with E-state index in [9.17, 15) is 14.4 Å². The number of likely N-dealkylation sites (tertiary alicyclic amines) is 1. The number of carbonyl (C=O) groups is 3. The van der Waals surface area contributed by atoms with Crippen LogP contribution in [0.15, 0.2) is 54.6 Å². The van der Waals surface area contributed by atoms with E-state index in [1.54, 1.807) is 19.1 Å². The number of hydrogen-bond acceptors (Lipinski definition) is 3. The lowest BCUT2D eigenvalue weighted by Gasteiger charge is -2.22. The number of rotatable bonds is 5. The molecule has 1 aliphatic rings. The van der Waals surface area contributed by atoms with Gasteiger partial charge in [0.25, 0.3) is 0 Å². The number of benzene rings is 2. The van der Waals surface area contributed by atoms with Gasteiger partial charge in [-0.05, 0) is 36.6 Å². The fraction of sp³-hybridized carbons (Fsp3) is 0.250. The molecule has 0 saturated carbocycles. The third-order valence-corrected chi connectivity index (χ3v) is 4.66. The molecule has 3 rings (SSSR count). The molecule has 2 aromatic rings. The van der Waals surface area contributed by atoms with Crippen molar-refractivity contribution in [2.45, 2.75) is 19.9 Å². The van der Waals surface area contributed by atoms with Gasteiger partial charge in [-0.1, -0.05) is 42.5 Å². The van der Waals surface area contributed by atoms with Gasteiger partial charge in [-0.2, -0.15) is 0 Å². The molecule has 1 N–H and O–H groups in total. The maximum absolute atomic E-state index is 12.9. The van der Waals surface area contributed by atoms with Gasteiger partial charge in [-0.25, -0.2) is 4.79 Å². The van der Waals surface area contributed by atoms with Gasteiger partial charge < -0.3 is 10.0 Å². The average Bonchev–Trinajstić information content (AvgIpc) is 2.80. The van der Waals surface area contributed by atoms with Gasteiger partial charge in [-0.3, -0.25) is 9.59 Å². The molecule has 0 aliphatic carbocycles. The predicted octanol–water partition coefficient (Wildman–Crippen LogP) is 2.55. The average molecular weight is 337 g/mol. The van der Waals surface area contributed by atoms with E-state index in [-0.39, 0.29) is 30.3 Å². The molecule has 1 saturated heterocycles. The van der Waals surface area contributed by atoms with Crippen LogP contribution in [-0.4, -0.2) is 34.2 Å². The van der Waals surface area contributed by atoms with Crippen molar-refractivity contribution < 1.29 is 19.5 Å². The molecule has 5 heteroatoms. The van der Waals surface area contributed by atoms with Crippen LogP contribution in [0.25, 0.3) is 0 Å². The van der Waals surface area contributed by atoms with Gasteiger partial charge >= 0.3 is 5.97 Å². The van der Waals surface area contributed by atoms with Crippen LogP contribution < -0.4 is 0 Å². The van der Waals surface area contributed by atoms with Crippen LogP contribution in [0.4, 0.5) is 0 Å². The molecule has 1 fully saturated rings. The summed E-state index contributed by atoms with van der Waals surface area (Å²) in [5.41, 5.74) is 0.750. The highest BCUT2D eigenvalue weighted by atomic mass is 16.4. The van der Waals surface area contributed by atoms with Crippen LogP contribution in [0.3, 0.4) is 0 Å². The highest BCUT2D eigenvalue weighted by Gasteiger charge is 2.49. The Labute approximate surface area is 145 Å². The first-order chi connectivity index (χ1) is 11.9. The quantitative estimate of drug-likeness (QED) is 0.851. The molecule has 2 aromatic carbocycles. The second-order valence-corrected chi connectivity index (χ2v) is 6.58. The predicted molar refractivity (Wildman–Crippen MR) is 92.1 cm³/mol. The minimum absolute atomic E-state index is 0.0550. The van der Waals surface area contributed by atoms with Crippen molar-refractivity contribution in [2.24, 2.45) is 5.41 Å². The summed E-state index contributed by atoms with van der Waals surface area (Å²) in [5.74, 6) is -1.32. The Hall–Kier alpha value is -2.95. The first kappa shape index (κ1) is 16.9. The van der Waals surface area contributed by atoms with Crippen molar-refractivity contribution >= 4 is 17.7 Å². The van der Waals surface area contributed by atoms with Crippen LogP contribution in [0.5, 0.6) is 0 Å². The summed E-state index contributed by atoms with van der Waals surface area (Å²) < 4.78 is 0. The molecule has 25 heavy (non-hydrogen) atoms. The lowest BCUT2D eigenvalue weighted by Crippen LogP contribution is -2.36. The summed E-state index contributed by atoms with van der Waals surface area (Å²) in [5, 5.41) is 9.08. The number of aromatic carboxylic acids is 1. The van der Waals surface area contributed by atoms with E-state index in [0.29, 0.717) is 12.0 Å². The highest BCUT2D eigenvalue weighted by molar-refractivity contribution is 6.12. The minimum Gasteiger partial charge on any atom is -0.478 e. The van der Waals surface area contributed by atoms with Gasteiger partial charge in [0.05, 0.1) is 12.1 Å². The number of amides is 1. The van der Waals surface area contributed by atoms with Crippen LogP contribution in [0, 0.1) is 5.41 Å². The molecule has 5 nitrogen and oxygen atoms in total. The maximum Gasteiger partial charge on any atom is 0.335 e. The number of Topliss-reactive ketones (excluding diaryl/α,β-unsaturated/α-hetero) is 1. The Morgan fingerprint density at radius 1 is 1.08 bits per heavy atom. The fourth-order valence-corrected chi connectivity index (χ4v) is 3.22. The van der Waals surface area contributed by atoms with E-state index in [4.69, 9.17) is 5.11 Å². The van der Waals surface area contributed by atoms with Gasteiger partial charge in [0.2, 0.25) is 5.91 Å². The molecule has 0 radical (unpaired) electrons. The standard InChI is InChI=1S/C20H19NO4/c1-20(11-14-6-3-2-4-7-14)17(22)13-21(19(20)25)12-15-8-5-9-16(10-15)18(23)24/h2-10H,11-13H2,1H3,(H,23,24). The van der Waals surface area contributed by atoms with Crippen LogP contribution >= 0.6 is 0 Å². The number of carboxylic acids is 1. The Balaban J connectivity index is 1.79. The van der Waals surface area contributed by atoms with E-state index < -0.39 is 11.4 Å². The molecular formula is C20H19NO4. The zero-order valence-corrected chi connectivity index (χ0v) is 13.9. The third-order valence-electron chi connectivity index (χ3n) is 4.66. The number of nitrogens with zero attached hydrogens (tertiary/aromatic N) is 1. The molecule has 1 atom stereocenters. The summed E-state index contributed by atoms with van der Waals surface area (Å²) >= 11 is 0. The molecule has 1 unspecified atom stereocenters. The van der Waals surface area contributed by atoms with E-state index in [1.807, 2.05) is 30.3 Å². The number of hydrogen-bond donors (Lipinski definition) is 1. The summed E-state index contributed by atoms with van der Waals surface area (Å²) in [6, 6.07) is 15.9. The Morgan fingerprint density at radius 3 is 2.44 bits per heavy atom. The Morgan fingerprint density at radius 2 is 1.76 bits per heavy atom. The van der Waals surface area contributed by atoms with Crippen molar-refractivity contribution in [2.75, 3.05) is 6.54 Å². The molecule has 1 amide bonds. The SMILES string of the molecule is CC1(Cc2ccccc2)C(=O)CN(Cc2cccc(C(=O)O)c2)C1=O. The van der Waals surface area contributed by atoms with Gasteiger partial charge in [0.15, 0.2) is 5.78 Å². The zero-order chi connectivity index (χ0) is 18.0. The van der Waals surface area contributed by atoms with Crippen LogP contribution in [0.2, 0.25) is 0 Å². The van der Waals surface area contributed by atoms with Gasteiger partial charge in [-0.15, -0.1) is 0 Å². The van der Waals surface area contributed by atoms with Gasteiger partial charge in [0, 0.05) is 6.54 Å². The second-order valence-electron chi connectivity index (χ2n) is 6.58. The summed E-state index contributed by atoms with van der Waals surface area (Å²) in [6.45, 7) is 1.98. The summed E-state index contributed by atoms with van der Waals surface area (Å²) in [4.78, 5) is 38.0. The van der Waals surface area contributed by atoms with E-state index in [1.165, 1.54) is 17.0 Å². The first-order valence-corrected chi connectivity index (χ1v) is 8.09. The normalized spacial score (nSPS) is 20.1. The van der Waals surface area contributed by atoms with Crippen LogP contribution in [0.1, 0.15) is 28.4 Å². The van der Waals surface area contributed by atoms with Crippen molar-refractivity contribution in [3.63, 3.8) is 0 Å². The molecule has 0 spiro atoms. The Kier molecular flexibility index (Phi) is 4.40. The first-order valence-electron chi connectivity index (χ1n) is 8.09. The van der Waals surface area contributed by atoms with Crippen molar-refractivity contribution in [1.29, 1.82) is 0 Å². The second kappa shape index (κ2) is 6.51. The fourth-order valence-electron chi connectivity index (χ4n) is 3.22. The monoisotopic (exact) mass is 337 g/mol. The molecule has 1 heterocycles. The maximum atomic E-state index is 12.9. The third kappa shape index (κ3) is 3.31. The van der Waals surface area contributed by atoms with E-state index >= 15 is 0 Å². The Bertz CT molecular complexity index is 831. The summed E-state index contributed by atoms with van der Waals surface area (Å²) in [7, 11) is 0. The number of carbonyl (C=O) groups excluding carboxylic acids is 2. The molecule has 1 aliphatic heterocycles. The largest absolute Gasteiger partial charge is 0.478 e. The lowest BCUT2D eigenvalue weighted by atomic mass is 9.81. The summed E-state index contributed by atoms with van der Waals surface area (Å²) in [6.07, 6.45) is 0.372. The molecule has 0 bridgehead atoms. The zero-order valence-electron chi connectivity index (χ0n) is 13.9. The minimum atomic E-state index is -1.06.